The van der Waals surface area contributed by atoms with Gasteiger partial charge < -0.3 is 9.26 Å². The summed E-state index contributed by atoms with van der Waals surface area (Å²) in [5, 5.41) is 3.76. The summed E-state index contributed by atoms with van der Waals surface area (Å²) in [4.78, 5) is 4.19. The monoisotopic (exact) mass is 317 g/mol. The SMILES string of the molecule is CCC(C)CS(=O)(=O)N1C[C@@H](OC)C[C@@H]1c1nc(C)no1. The second-order valence-electron chi connectivity index (χ2n) is 5.65. The van der Waals surface area contributed by atoms with E-state index in [9.17, 15) is 8.42 Å². The standard InChI is InChI=1S/C13H23N3O4S/c1-5-9(2)8-21(17,18)16-7-11(19-4)6-12(16)13-14-10(3)15-20-13/h9,11-12H,5-8H2,1-4H3/t9?,11-,12+/m0/s1. The number of methoxy groups -OCH3 is 1. The van der Waals surface area contributed by atoms with Gasteiger partial charge in [0.25, 0.3) is 0 Å². The third kappa shape index (κ3) is 3.61. The Kier molecular flexibility index (Phi) is 5.00. The summed E-state index contributed by atoms with van der Waals surface area (Å²) in [7, 11) is -1.79. The van der Waals surface area contributed by atoms with Gasteiger partial charge >= 0.3 is 0 Å². The summed E-state index contributed by atoms with van der Waals surface area (Å²) >= 11 is 0. The van der Waals surface area contributed by atoms with E-state index in [1.165, 1.54) is 4.31 Å². The van der Waals surface area contributed by atoms with E-state index in [1.54, 1.807) is 14.0 Å². The van der Waals surface area contributed by atoms with Crippen LogP contribution in [0, 0.1) is 12.8 Å². The molecule has 1 aromatic heterocycles. The fraction of sp³-hybridized carbons (Fsp3) is 0.846. The van der Waals surface area contributed by atoms with Crippen molar-refractivity contribution in [2.75, 3.05) is 19.4 Å². The van der Waals surface area contributed by atoms with Gasteiger partial charge in [-0.1, -0.05) is 25.4 Å². The van der Waals surface area contributed by atoms with Gasteiger partial charge in [-0.3, -0.25) is 0 Å². The molecule has 3 atom stereocenters. The summed E-state index contributed by atoms with van der Waals surface area (Å²) in [5.74, 6) is 1.09. The first kappa shape index (κ1) is 16.4. The number of hydrogen-bond acceptors (Lipinski definition) is 6. The van der Waals surface area contributed by atoms with Crippen molar-refractivity contribution >= 4 is 10.0 Å². The van der Waals surface area contributed by atoms with Gasteiger partial charge in [-0.05, 0) is 12.8 Å². The van der Waals surface area contributed by atoms with Crippen molar-refractivity contribution in [3.05, 3.63) is 11.7 Å². The van der Waals surface area contributed by atoms with Gasteiger partial charge in [0.15, 0.2) is 5.82 Å². The van der Waals surface area contributed by atoms with E-state index >= 15 is 0 Å². The van der Waals surface area contributed by atoms with Crippen molar-refractivity contribution in [2.45, 2.75) is 45.8 Å². The summed E-state index contributed by atoms with van der Waals surface area (Å²) in [5.41, 5.74) is 0. The number of hydrogen-bond donors (Lipinski definition) is 0. The lowest BCUT2D eigenvalue weighted by molar-refractivity contribution is 0.114. The average molecular weight is 317 g/mol. The van der Waals surface area contributed by atoms with Crippen LogP contribution in [-0.4, -0.2) is 48.4 Å². The molecule has 0 spiro atoms. The summed E-state index contributed by atoms with van der Waals surface area (Å²) in [6, 6.07) is -0.426. The maximum atomic E-state index is 12.6. The van der Waals surface area contributed by atoms with Crippen LogP contribution < -0.4 is 0 Å². The van der Waals surface area contributed by atoms with Crippen LogP contribution in [0.4, 0.5) is 0 Å². The minimum absolute atomic E-state index is 0.113. The van der Waals surface area contributed by atoms with Crippen molar-refractivity contribution in [1.29, 1.82) is 0 Å². The molecule has 1 saturated heterocycles. The Hall–Kier alpha value is -0.990. The molecule has 0 aliphatic carbocycles. The van der Waals surface area contributed by atoms with Crippen LogP contribution in [0.3, 0.4) is 0 Å². The lowest BCUT2D eigenvalue weighted by atomic mass is 10.2. The van der Waals surface area contributed by atoms with Crippen LogP contribution in [0.1, 0.15) is 44.4 Å². The third-order valence-corrected chi connectivity index (χ3v) is 6.04. The maximum Gasteiger partial charge on any atom is 0.245 e. The maximum absolute atomic E-state index is 12.6. The fourth-order valence-corrected chi connectivity index (χ4v) is 4.60. The molecule has 0 amide bonds. The van der Waals surface area contributed by atoms with E-state index < -0.39 is 16.1 Å². The van der Waals surface area contributed by atoms with Crippen molar-refractivity contribution in [1.82, 2.24) is 14.4 Å². The van der Waals surface area contributed by atoms with Gasteiger partial charge in [0, 0.05) is 20.1 Å². The van der Waals surface area contributed by atoms with Gasteiger partial charge in [0.05, 0.1) is 11.9 Å². The second kappa shape index (κ2) is 6.41. The third-order valence-electron chi connectivity index (χ3n) is 3.93. The fourth-order valence-electron chi connectivity index (χ4n) is 2.49. The predicted molar refractivity (Wildman–Crippen MR) is 77.1 cm³/mol. The van der Waals surface area contributed by atoms with E-state index in [0.29, 0.717) is 24.7 Å². The van der Waals surface area contributed by atoms with Gasteiger partial charge in [-0.25, -0.2) is 8.42 Å². The van der Waals surface area contributed by atoms with Gasteiger partial charge in [0.1, 0.15) is 6.04 Å². The molecule has 2 rings (SSSR count). The van der Waals surface area contributed by atoms with Gasteiger partial charge in [0.2, 0.25) is 15.9 Å². The van der Waals surface area contributed by atoms with Crippen LogP contribution in [0.25, 0.3) is 0 Å². The van der Waals surface area contributed by atoms with Gasteiger partial charge in [-0.15, -0.1) is 0 Å². The van der Waals surface area contributed by atoms with Crippen molar-refractivity contribution in [3.63, 3.8) is 0 Å². The molecule has 0 bridgehead atoms. The molecule has 0 aromatic carbocycles. The molecule has 0 saturated carbocycles. The van der Waals surface area contributed by atoms with E-state index in [1.807, 2.05) is 13.8 Å². The molecule has 7 nitrogen and oxygen atoms in total. The Morgan fingerprint density at radius 1 is 1.52 bits per heavy atom. The van der Waals surface area contributed by atoms with Crippen LogP contribution in [-0.2, 0) is 14.8 Å². The summed E-state index contributed by atoms with van der Waals surface area (Å²) in [6.07, 6.45) is 1.22. The molecule has 21 heavy (non-hydrogen) atoms. The van der Waals surface area contributed by atoms with Crippen LogP contribution in [0.5, 0.6) is 0 Å². The molecule has 8 heteroatoms. The zero-order valence-electron chi connectivity index (χ0n) is 12.9. The quantitative estimate of drug-likeness (QED) is 0.790. The molecule has 1 aliphatic heterocycles. The molecule has 0 N–H and O–H groups in total. The molecule has 1 aliphatic rings. The summed E-state index contributed by atoms with van der Waals surface area (Å²) < 4.78 is 37.2. The number of nitrogens with zero attached hydrogens (tertiary/aromatic N) is 3. The van der Waals surface area contributed by atoms with E-state index in [-0.39, 0.29) is 17.8 Å². The first-order valence-electron chi connectivity index (χ1n) is 7.19. The highest BCUT2D eigenvalue weighted by Crippen LogP contribution is 2.35. The highest BCUT2D eigenvalue weighted by Gasteiger charge is 2.43. The molecule has 120 valence electrons. The number of aryl methyl sites for hydroxylation is 1. The number of aromatic nitrogens is 2. The molecule has 2 heterocycles. The number of rotatable bonds is 6. The predicted octanol–water partition coefficient (Wildman–Crippen LogP) is 1.52. The topological polar surface area (TPSA) is 85.5 Å². The minimum atomic E-state index is -3.38. The minimum Gasteiger partial charge on any atom is -0.380 e. The van der Waals surface area contributed by atoms with Crippen LogP contribution in [0.15, 0.2) is 4.52 Å². The zero-order chi connectivity index (χ0) is 15.6. The number of ether oxygens (including phenoxy) is 1. The van der Waals surface area contributed by atoms with Crippen molar-refractivity contribution in [3.8, 4) is 0 Å². The smallest absolute Gasteiger partial charge is 0.245 e. The Morgan fingerprint density at radius 3 is 2.76 bits per heavy atom. The number of sulfonamides is 1. The van der Waals surface area contributed by atoms with E-state index in [0.717, 1.165) is 6.42 Å². The molecule has 1 fully saturated rings. The average Bonchev–Trinajstić information content (AvgIpc) is 3.04. The van der Waals surface area contributed by atoms with Crippen molar-refractivity contribution in [2.24, 2.45) is 5.92 Å². The second-order valence-corrected chi connectivity index (χ2v) is 7.62. The van der Waals surface area contributed by atoms with Crippen LogP contribution >= 0.6 is 0 Å². The van der Waals surface area contributed by atoms with Gasteiger partial charge in [-0.2, -0.15) is 9.29 Å². The van der Waals surface area contributed by atoms with E-state index in [2.05, 4.69) is 10.1 Å². The molecule has 1 aromatic rings. The highest BCUT2D eigenvalue weighted by molar-refractivity contribution is 7.89. The van der Waals surface area contributed by atoms with Crippen LogP contribution in [0.2, 0.25) is 0 Å². The molecular formula is C13H23N3O4S. The first-order chi connectivity index (χ1) is 9.87. The van der Waals surface area contributed by atoms with Crippen molar-refractivity contribution < 1.29 is 17.7 Å². The molecular weight excluding hydrogens is 294 g/mol. The first-order valence-corrected chi connectivity index (χ1v) is 8.80. The lowest BCUT2D eigenvalue weighted by Gasteiger charge is -2.22. The Balaban J connectivity index is 2.26. The Morgan fingerprint density at radius 2 is 2.24 bits per heavy atom. The molecule has 1 unspecified atom stereocenters. The summed E-state index contributed by atoms with van der Waals surface area (Å²) in [6.45, 7) is 5.98. The Labute approximate surface area is 125 Å². The Bertz CT molecular complexity index is 572. The normalized spacial score (nSPS) is 25.3. The largest absolute Gasteiger partial charge is 0.380 e. The molecule has 0 radical (unpaired) electrons. The lowest BCUT2D eigenvalue weighted by Crippen LogP contribution is -2.35. The highest BCUT2D eigenvalue weighted by atomic mass is 32.2. The zero-order valence-corrected chi connectivity index (χ0v) is 13.8. The van der Waals surface area contributed by atoms with E-state index in [4.69, 9.17) is 9.26 Å².